The third-order valence-corrected chi connectivity index (χ3v) is 5.06. The van der Waals surface area contributed by atoms with E-state index in [2.05, 4.69) is 17.0 Å². The summed E-state index contributed by atoms with van der Waals surface area (Å²) in [6.45, 7) is 2.98. The van der Waals surface area contributed by atoms with Crippen LogP contribution in [0.3, 0.4) is 0 Å². The first-order valence-electron chi connectivity index (χ1n) is 8.98. The Morgan fingerprint density at radius 1 is 1.20 bits per heavy atom. The zero-order chi connectivity index (χ0) is 17.2. The fourth-order valence-electron chi connectivity index (χ4n) is 3.72. The molecule has 0 spiro atoms. The lowest BCUT2D eigenvalue weighted by Gasteiger charge is -2.35. The Bertz CT molecular complexity index is 887. The lowest BCUT2D eigenvalue weighted by atomic mass is 9.99. The third-order valence-electron chi connectivity index (χ3n) is 5.06. The number of piperidine rings is 1. The van der Waals surface area contributed by atoms with Crippen LogP contribution in [0.2, 0.25) is 0 Å². The maximum atomic E-state index is 13.1. The molecule has 0 bridgehead atoms. The molecule has 3 heterocycles. The molecular weight excluding hydrogens is 312 g/mol. The van der Waals surface area contributed by atoms with E-state index in [0.717, 1.165) is 37.1 Å². The molecule has 128 valence electrons. The van der Waals surface area contributed by atoms with E-state index in [1.165, 1.54) is 6.42 Å². The van der Waals surface area contributed by atoms with Gasteiger partial charge in [0.15, 0.2) is 5.65 Å². The summed E-state index contributed by atoms with van der Waals surface area (Å²) in [5.74, 6) is 0.0549. The number of aromatic nitrogens is 3. The minimum Gasteiger partial charge on any atom is -0.336 e. The first-order chi connectivity index (χ1) is 12.3. The molecule has 0 saturated carbocycles. The van der Waals surface area contributed by atoms with Crippen LogP contribution >= 0.6 is 0 Å². The Kier molecular flexibility index (Phi) is 4.22. The van der Waals surface area contributed by atoms with Crippen LogP contribution in [0, 0.1) is 0 Å². The molecule has 0 unspecified atom stereocenters. The molecule has 25 heavy (non-hydrogen) atoms. The highest BCUT2D eigenvalue weighted by molar-refractivity contribution is 6.00. The Balaban J connectivity index is 1.75. The van der Waals surface area contributed by atoms with E-state index in [0.29, 0.717) is 17.3 Å². The number of rotatable bonds is 3. The molecule has 0 aliphatic carbocycles. The molecule has 1 aliphatic heterocycles. The molecule has 3 aromatic rings. The Hall–Kier alpha value is -2.69. The zero-order valence-electron chi connectivity index (χ0n) is 14.4. The number of hydrogen-bond donors (Lipinski definition) is 0. The van der Waals surface area contributed by atoms with E-state index in [1.807, 2.05) is 41.3 Å². The van der Waals surface area contributed by atoms with E-state index in [4.69, 9.17) is 0 Å². The van der Waals surface area contributed by atoms with Gasteiger partial charge in [0.25, 0.3) is 5.91 Å². The van der Waals surface area contributed by atoms with Gasteiger partial charge in [0.1, 0.15) is 5.56 Å². The molecule has 1 fully saturated rings. The lowest BCUT2D eigenvalue weighted by molar-refractivity contribution is 0.0610. The summed E-state index contributed by atoms with van der Waals surface area (Å²) in [7, 11) is 0. The van der Waals surface area contributed by atoms with E-state index >= 15 is 0 Å². The second kappa shape index (κ2) is 6.67. The van der Waals surface area contributed by atoms with Crippen LogP contribution in [0.15, 0.2) is 48.8 Å². The van der Waals surface area contributed by atoms with Crippen LogP contribution < -0.4 is 0 Å². The summed E-state index contributed by atoms with van der Waals surface area (Å²) < 4.78 is 1.77. The first-order valence-corrected chi connectivity index (χ1v) is 8.98. The number of carbonyl (C=O) groups excluding carboxylic acids is 1. The van der Waals surface area contributed by atoms with Gasteiger partial charge < -0.3 is 4.90 Å². The van der Waals surface area contributed by atoms with Crippen molar-refractivity contribution < 1.29 is 4.79 Å². The van der Waals surface area contributed by atoms with Crippen molar-refractivity contribution in [1.29, 1.82) is 0 Å². The van der Waals surface area contributed by atoms with E-state index in [-0.39, 0.29) is 5.91 Å². The van der Waals surface area contributed by atoms with Crippen molar-refractivity contribution in [2.45, 2.75) is 38.6 Å². The van der Waals surface area contributed by atoms with Crippen LogP contribution in [-0.4, -0.2) is 38.0 Å². The van der Waals surface area contributed by atoms with Gasteiger partial charge in [-0.3, -0.25) is 4.79 Å². The van der Waals surface area contributed by atoms with Crippen molar-refractivity contribution >= 4 is 11.6 Å². The topological polar surface area (TPSA) is 50.5 Å². The maximum Gasteiger partial charge on any atom is 0.259 e. The van der Waals surface area contributed by atoms with E-state index < -0.39 is 0 Å². The number of nitrogens with zero attached hydrogens (tertiary/aromatic N) is 4. The highest BCUT2D eigenvalue weighted by atomic mass is 16.2. The maximum absolute atomic E-state index is 13.1. The summed E-state index contributed by atoms with van der Waals surface area (Å²) in [5, 5.41) is 4.47. The molecule has 0 radical (unpaired) electrons. The minimum absolute atomic E-state index is 0.0549. The molecular formula is C20H22N4O. The fourth-order valence-corrected chi connectivity index (χ4v) is 3.72. The van der Waals surface area contributed by atoms with Gasteiger partial charge in [-0.1, -0.05) is 37.3 Å². The highest BCUT2D eigenvalue weighted by Crippen LogP contribution is 2.25. The van der Waals surface area contributed by atoms with E-state index in [9.17, 15) is 4.79 Å². The zero-order valence-corrected chi connectivity index (χ0v) is 14.4. The predicted octanol–water partition coefficient (Wildman–Crippen LogP) is 3.80. The number of benzene rings is 1. The van der Waals surface area contributed by atoms with Crippen molar-refractivity contribution in [2.24, 2.45) is 0 Å². The first kappa shape index (κ1) is 15.8. The van der Waals surface area contributed by atoms with Crippen molar-refractivity contribution in [3.05, 3.63) is 54.4 Å². The fraction of sp³-hybridized carbons (Fsp3) is 0.350. The van der Waals surface area contributed by atoms with Gasteiger partial charge in [0.2, 0.25) is 0 Å². The van der Waals surface area contributed by atoms with Crippen LogP contribution in [0.25, 0.3) is 16.9 Å². The van der Waals surface area contributed by atoms with Crippen LogP contribution in [0.1, 0.15) is 43.0 Å². The third kappa shape index (κ3) is 2.80. The minimum atomic E-state index is 0.0549. The molecule has 0 N–H and O–H groups in total. The van der Waals surface area contributed by atoms with E-state index in [1.54, 1.807) is 16.9 Å². The van der Waals surface area contributed by atoms with Crippen molar-refractivity contribution in [3.8, 4) is 11.3 Å². The van der Waals surface area contributed by atoms with Gasteiger partial charge in [-0.2, -0.15) is 5.10 Å². The molecule has 4 rings (SSSR count). The number of fused-ring (bicyclic) bond motifs is 1. The Labute approximate surface area is 147 Å². The van der Waals surface area contributed by atoms with Crippen molar-refractivity contribution in [2.75, 3.05) is 6.54 Å². The van der Waals surface area contributed by atoms with Crippen LogP contribution in [0.5, 0.6) is 0 Å². The molecule has 5 nitrogen and oxygen atoms in total. The molecule has 5 heteroatoms. The van der Waals surface area contributed by atoms with Gasteiger partial charge in [-0.05, 0) is 31.7 Å². The molecule has 2 aromatic heterocycles. The molecule has 1 saturated heterocycles. The average Bonchev–Trinajstić information content (AvgIpc) is 3.12. The van der Waals surface area contributed by atoms with Gasteiger partial charge in [0.05, 0.1) is 11.9 Å². The lowest BCUT2D eigenvalue weighted by Crippen LogP contribution is -2.43. The predicted molar refractivity (Wildman–Crippen MR) is 97.4 cm³/mol. The smallest absolute Gasteiger partial charge is 0.259 e. The normalized spacial score (nSPS) is 17.8. The summed E-state index contributed by atoms with van der Waals surface area (Å²) >= 11 is 0. The second-order valence-corrected chi connectivity index (χ2v) is 6.55. The Morgan fingerprint density at radius 2 is 2.04 bits per heavy atom. The average molecular weight is 334 g/mol. The Morgan fingerprint density at radius 3 is 2.84 bits per heavy atom. The van der Waals surface area contributed by atoms with Gasteiger partial charge in [-0.15, -0.1) is 0 Å². The summed E-state index contributed by atoms with van der Waals surface area (Å²) in [6.07, 6.45) is 7.78. The highest BCUT2D eigenvalue weighted by Gasteiger charge is 2.28. The number of carbonyl (C=O) groups is 1. The molecule has 1 aliphatic rings. The second-order valence-electron chi connectivity index (χ2n) is 6.55. The molecule has 1 aromatic carbocycles. The summed E-state index contributed by atoms with van der Waals surface area (Å²) in [6, 6.07) is 12.3. The largest absolute Gasteiger partial charge is 0.336 e. The van der Waals surface area contributed by atoms with Crippen molar-refractivity contribution in [1.82, 2.24) is 19.5 Å². The van der Waals surface area contributed by atoms with Gasteiger partial charge in [-0.25, -0.2) is 9.50 Å². The van der Waals surface area contributed by atoms with Crippen molar-refractivity contribution in [3.63, 3.8) is 0 Å². The van der Waals surface area contributed by atoms with Gasteiger partial charge >= 0.3 is 0 Å². The SMILES string of the molecule is CC[C@H]1CCCCN1C(=O)c1cnn2c(-c3ccccc3)ccnc12. The number of amides is 1. The summed E-state index contributed by atoms with van der Waals surface area (Å²) in [4.78, 5) is 19.6. The summed E-state index contributed by atoms with van der Waals surface area (Å²) in [5.41, 5.74) is 3.22. The van der Waals surface area contributed by atoms with Gasteiger partial charge in [0, 0.05) is 24.3 Å². The quantitative estimate of drug-likeness (QED) is 0.732. The number of likely N-dealkylation sites (tertiary alicyclic amines) is 1. The van der Waals surface area contributed by atoms with Crippen LogP contribution in [-0.2, 0) is 0 Å². The van der Waals surface area contributed by atoms with Crippen LogP contribution in [0.4, 0.5) is 0 Å². The molecule has 1 atom stereocenters. The standard InChI is InChI=1S/C20H22N4O/c1-2-16-10-6-7-13-23(16)20(25)17-14-22-24-18(11-12-21-19(17)24)15-8-4-3-5-9-15/h3-5,8-9,11-12,14,16H,2,6-7,10,13H2,1H3/t16-/m0/s1. The number of hydrogen-bond acceptors (Lipinski definition) is 3. The molecule has 1 amide bonds. The monoisotopic (exact) mass is 334 g/mol.